The van der Waals surface area contributed by atoms with Gasteiger partial charge in [0.1, 0.15) is 0 Å². The summed E-state index contributed by atoms with van der Waals surface area (Å²) in [6.45, 7) is -0.589. The summed E-state index contributed by atoms with van der Waals surface area (Å²) >= 11 is -1.68. The van der Waals surface area contributed by atoms with E-state index in [1.54, 1.807) is 4.72 Å². The first-order valence-corrected chi connectivity index (χ1v) is 10.7. The first kappa shape index (κ1) is 17.7. The van der Waals surface area contributed by atoms with Crippen LogP contribution in [0.5, 0.6) is 0 Å². The topological polar surface area (TPSA) is 192 Å². The van der Waals surface area contributed by atoms with Crippen LogP contribution in [-0.4, -0.2) is 67.0 Å². The Balaban J connectivity index is 1.91. The summed E-state index contributed by atoms with van der Waals surface area (Å²) in [6.07, 6.45) is -3.97. The van der Waals surface area contributed by atoms with Gasteiger partial charge in [-0.25, -0.2) is 0 Å². The predicted octanol–water partition coefficient (Wildman–Crippen LogP) is -5.73. The molecule has 1 amide bonds. The van der Waals surface area contributed by atoms with Crippen molar-refractivity contribution in [3.63, 3.8) is 0 Å². The molecule has 4 rings (SSSR count). The van der Waals surface area contributed by atoms with Crippen molar-refractivity contribution in [3.8, 4) is 0 Å². The van der Waals surface area contributed by atoms with Crippen LogP contribution >= 0.6 is 0 Å². The van der Waals surface area contributed by atoms with E-state index < -0.39 is 66.6 Å². The zero-order valence-corrected chi connectivity index (χ0v) is 15.7. The molecule has 0 saturated carbocycles. The van der Waals surface area contributed by atoms with E-state index in [-0.39, 0.29) is 20.8 Å². The van der Waals surface area contributed by atoms with E-state index in [4.69, 9.17) is 10.5 Å². The van der Waals surface area contributed by atoms with Crippen molar-refractivity contribution in [2.45, 2.75) is 24.5 Å². The second kappa shape index (κ2) is 6.20. The molecule has 0 radical (unpaired) electrons. The molecule has 26 heavy (non-hydrogen) atoms. The molecule has 2 aromatic rings. The minimum atomic E-state index is -4.39. The molecule has 0 spiro atoms. The number of anilines is 1. The summed E-state index contributed by atoms with van der Waals surface area (Å²) in [4.78, 5) is 24.2. The van der Waals surface area contributed by atoms with Crippen molar-refractivity contribution in [1.82, 2.24) is 24.2 Å². The number of imidazole rings is 1. The van der Waals surface area contributed by atoms with E-state index in [9.17, 15) is 23.4 Å². The Morgan fingerprint density at radius 3 is 2.88 bits per heavy atom. The Labute approximate surface area is 156 Å². The Bertz CT molecular complexity index is 996. The Hall–Kier alpha value is -1.66. The molecule has 5 N–H and O–H groups in total. The number of halogens is 1. The SMILES string of the molecule is Nc1ncnc2c1nc1n2[C@@H]2O[C@H](COS(=O)(=O)NC(=O)[I-]1)[C@@H](O)[C@H]2O. The number of aliphatic hydroxyl groups excluding tert-OH is 2. The van der Waals surface area contributed by atoms with Crippen LogP contribution in [0.2, 0.25) is 0 Å². The van der Waals surface area contributed by atoms with Gasteiger partial charge in [0, 0.05) is 0 Å². The van der Waals surface area contributed by atoms with Gasteiger partial charge in [0.05, 0.1) is 0 Å². The Morgan fingerprint density at radius 1 is 1.35 bits per heavy atom. The molecule has 0 unspecified atom stereocenters. The molecular formula is C11H12IN6O7S-. The van der Waals surface area contributed by atoms with Crippen LogP contribution < -0.4 is 31.7 Å². The molecular weight excluding hydrogens is 487 g/mol. The number of nitrogens with one attached hydrogen (secondary N) is 1. The fourth-order valence-electron chi connectivity index (χ4n) is 2.65. The number of nitrogens with two attached hydrogens (primary N) is 1. The summed E-state index contributed by atoms with van der Waals surface area (Å²) in [5.74, 6) is 0.0482. The molecule has 4 heterocycles. The van der Waals surface area contributed by atoms with Crippen molar-refractivity contribution < 1.29 is 53.6 Å². The summed E-state index contributed by atoms with van der Waals surface area (Å²) in [5.41, 5.74) is 6.16. The van der Waals surface area contributed by atoms with E-state index >= 15 is 0 Å². The average Bonchev–Trinajstić information content (AvgIpc) is 3.04. The van der Waals surface area contributed by atoms with E-state index in [0.717, 1.165) is 0 Å². The number of hydrogen-bond acceptors (Lipinski definition) is 11. The van der Waals surface area contributed by atoms with Crippen LogP contribution in [0.3, 0.4) is 0 Å². The van der Waals surface area contributed by atoms with Crippen LogP contribution in [0.15, 0.2) is 6.33 Å². The van der Waals surface area contributed by atoms with Gasteiger partial charge in [-0.3, -0.25) is 0 Å². The van der Waals surface area contributed by atoms with Crippen LogP contribution in [0.4, 0.5) is 10.6 Å². The average molecular weight is 499 g/mol. The number of carbonyl (C=O) groups excluding carboxylic acids is 1. The van der Waals surface area contributed by atoms with Gasteiger partial charge >= 0.3 is 156 Å². The summed E-state index contributed by atoms with van der Waals surface area (Å²) in [6, 6.07) is 0. The summed E-state index contributed by atoms with van der Waals surface area (Å²) in [5, 5.41) is 20.5. The number of nitrogen functional groups attached to an aromatic ring is 1. The number of ether oxygens (including phenoxy) is 1. The predicted molar refractivity (Wildman–Crippen MR) is 77.8 cm³/mol. The fourth-order valence-corrected chi connectivity index (χ4v) is 5.96. The number of amides is 1. The molecule has 1 fully saturated rings. The number of fused-ring (bicyclic) bond motifs is 6. The maximum absolute atomic E-state index is 12.1. The first-order valence-electron chi connectivity index (χ1n) is 7.13. The van der Waals surface area contributed by atoms with E-state index in [2.05, 4.69) is 19.1 Å². The monoisotopic (exact) mass is 499 g/mol. The zero-order chi connectivity index (χ0) is 18.6. The van der Waals surface area contributed by atoms with Gasteiger partial charge in [0.2, 0.25) is 0 Å². The Morgan fingerprint density at radius 2 is 2.12 bits per heavy atom. The van der Waals surface area contributed by atoms with Crippen molar-refractivity contribution in [1.29, 1.82) is 0 Å². The Kier molecular flexibility index (Phi) is 4.23. The maximum atomic E-state index is 12.1. The third-order valence-electron chi connectivity index (χ3n) is 3.82. The second-order valence-electron chi connectivity index (χ2n) is 5.44. The second-order valence-corrected chi connectivity index (χ2v) is 9.27. The van der Waals surface area contributed by atoms with E-state index in [1.807, 2.05) is 0 Å². The number of hydrogen-bond donors (Lipinski definition) is 4. The van der Waals surface area contributed by atoms with Crippen molar-refractivity contribution in [3.05, 3.63) is 10.2 Å². The molecule has 142 valence electrons. The van der Waals surface area contributed by atoms with Gasteiger partial charge in [-0.05, 0) is 0 Å². The van der Waals surface area contributed by atoms with Crippen molar-refractivity contribution >= 4 is 31.2 Å². The third kappa shape index (κ3) is 2.89. The molecule has 2 bridgehead atoms. The molecule has 2 aromatic heterocycles. The molecule has 13 nitrogen and oxygen atoms in total. The zero-order valence-electron chi connectivity index (χ0n) is 12.7. The molecule has 0 aromatic carbocycles. The van der Waals surface area contributed by atoms with Crippen LogP contribution in [0, 0.1) is 3.83 Å². The number of nitrogens with zero attached hydrogens (tertiary/aromatic N) is 4. The number of aliphatic hydroxyl groups is 2. The number of aromatic nitrogens is 4. The summed E-state index contributed by atoms with van der Waals surface area (Å²) in [7, 11) is -4.39. The van der Waals surface area contributed by atoms with Crippen molar-refractivity contribution in [2.24, 2.45) is 0 Å². The van der Waals surface area contributed by atoms with Gasteiger partial charge in [0.25, 0.3) is 0 Å². The van der Waals surface area contributed by atoms with Crippen molar-refractivity contribution in [2.75, 3.05) is 12.3 Å². The van der Waals surface area contributed by atoms with Crippen LogP contribution in [-0.2, 0) is 19.2 Å². The summed E-state index contributed by atoms with van der Waals surface area (Å²) < 4.78 is 36.3. The third-order valence-corrected chi connectivity index (χ3v) is 7.07. The van der Waals surface area contributed by atoms with Gasteiger partial charge in [-0.15, -0.1) is 0 Å². The molecule has 2 aliphatic rings. The van der Waals surface area contributed by atoms with E-state index in [0.29, 0.717) is 0 Å². The van der Waals surface area contributed by atoms with Gasteiger partial charge in [-0.1, -0.05) is 0 Å². The quantitative estimate of drug-likeness (QED) is 0.117. The fraction of sp³-hybridized carbons (Fsp3) is 0.455. The van der Waals surface area contributed by atoms with Crippen LogP contribution in [0.1, 0.15) is 6.23 Å². The number of rotatable bonds is 0. The minimum absolute atomic E-state index is 0.0482. The molecule has 4 atom stereocenters. The van der Waals surface area contributed by atoms with Crippen LogP contribution in [0.25, 0.3) is 11.2 Å². The van der Waals surface area contributed by atoms with Gasteiger partial charge in [-0.2, -0.15) is 0 Å². The number of carbonyl (C=O) groups is 1. The normalized spacial score (nSPS) is 31.5. The standard InChI is InChI=1S/C11H12IN6O7S/c13-7-4-8(15-2-14-7)18-9-6(20)5(19)3(25-9)1-24-26(22,23)17-11(21)12-10(18)16-4/h2-3,5-6,9,19-20H,1H2,(H,17,21)(H2,13,14,15)/q-1/t3-,5-,6-,9-/m1/s1. The molecule has 0 aliphatic carbocycles. The van der Waals surface area contributed by atoms with Gasteiger partial charge < -0.3 is 0 Å². The molecule has 15 heteroatoms. The first-order chi connectivity index (χ1) is 12.3. The molecule has 2 aliphatic heterocycles. The van der Waals surface area contributed by atoms with E-state index in [1.165, 1.54) is 10.9 Å². The molecule has 1 saturated heterocycles. The van der Waals surface area contributed by atoms with Gasteiger partial charge in [0.15, 0.2) is 0 Å².